The van der Waals surface area contributed by atoms with Crippen LogP contribution in [-0.4, -0.2) is 20.6 Å². The molecule has 0 fully saturated rings. The molecule has 0 aliphatic carbocycles. The summed E-state index contributed by atoms with van der Waals surface area (Å²) in [5.41, 5.74) is 3.04. The number of carbonyl (C=O) groups excluding carboxylic acids is 1. The molecule has 3 rings (SSSR count). The van der Waals surface area contributed by atoms with Gasteiger partial charge in [0.1, 0.15) is 0 Å². The second kappa shape index (κ2) is 10.5. The normalized spacial score (nSPS) is 12.4. The molecule has 0 aliphatic rings. The highest BCUT2D eigenvalue weighted by Gasteiger charge is 2.19. The minimum atomic E-state index is -3.45. The largest absolute Gasteiger partial charge is 0.345 e. The number of hydrogen-bond acceptors (Lipinski definition) is 3. The Balaban J connectivity index is 1.74. The number of para-hydroxylation sites is 1. The van der Waals surface area contributed by atoms with Crippen LogP contribution in [0.5, 0.6) is 0 Å². The molecule has 0 saturated heterocycles. The summed E-state index contributed by atoms with van der Waals surface area (Å²) >= 11 is 0. The number of sulfonamides is 1. The molecular formula is C26H30N2O3S. The predicted octanol–water partition coefficient (Wildman–Crippen LogP) is 5.17. The maximum atomic E-state index is 12.9. The van der Waals surface area contributed by atoms with Crippen LogP contribution >= 0.6 is 0 Å². The van der Waals surface area contributed by atoms with Crippen molar-refractivity contribution in [2.24, 2.45) is 5.92 Å². The molecule has 5 nitrogen and oxygen atoms in total. The van der Waals surface area contributed by atoms with Crippen molar-refractivity contribution >= 4 is 21.6 Å². The van der Waals surface area contributed by atoms with Gasteiger partial charge in [0.2, 0.25) is 10.0 Å². The van der Waals surface area contributed by atoms with E-state index in [9.17, 15) is 13.2 Å². The molecular weight excluding hydrogens is 420 g/mol. The molecule has 1 atom stereocenters. The Labute approximate surface area is 191 Å². The number of anilines is 1. The van der Waals surface area contributed by atoms with Crippen molar-refractivity contribution in [2.75, 3.05) is 10.6 Å². The number of benzene rings is 3. The highest BCUT2D eigenvalue weighted by molar-refractivity contribution is 7.92. The summed E-state index contributed by atoms with van der Waals surface area (Å²) in [5, 5.41) is 3.15. The van der Waals surface area contributed by atoms with Crippen LogP contribution in [-0.2, 0) is 16.6 Å². The molecule has 32 heavy (non-hydrogen) atoms. The highest BCUT2D eigenvalue weighted by atomic mass is 32.2. The van der Waals surface area contributed by atoms with Gasteiger partial charge in [-0.25, -0.2) is 8.42 Å². The monoisotopic (exact) mass is 450 g/mol. The first kappa shape index (κ1) is 23.5. The number of nitrogens with zero attached hydrogens (tertiary/aromatic N) is 1. The lowest BCUT2D eigenvalue weighted by atomic mass is 9.96. The molecule has 0 radical (unpaired) electrons. The van der Waals surface area contributed by atoms with E-state index in [0.29, 0.717) is 17.2 Å². The van der Waals surface area contributed by atoms with Gasteiger partial charge in [0.15, 0.2) is 0 Å². The van der Waals surface area contributed by atoms with Crippen LogP contribution in [0.1, 0.15) is 47.8 Å². The van der Waals surface area contributed by atoms with Crippen molar-refractivity contribution < 1.29 is 13.2 Å². The molecule has 1 amide bonds. The van der Waals surface area contributed by atoms with E-state index < -0.39 is 10.0 Å². The first-order chi connectivity index (χ1) is 15.2. The molecule has 168 valence electrons. The van der Waals surface area contributed by atoms with Crippen molar-refractivity contribution in [1.82, 2.24) is 5.32 Å². The SMILES string of the molecule is CC(C)C[C@@H](NC(=O)c1ccc(CN(c2ccccc2)S(C)(=O)=O)cc1)c1ccccc1. The minimum Gasteiger partial charge on any atom is -0.345 e. The summed E-state index contributed by atoms with van der Waals surface area (Å²) < 4.78 is 26.0. The number of amides is 1. The summed E-state index contributed by atoms with van der Waals surface area (Å²) in [7, 11) is -3.45. The lowest BCUT2D eigenvalue weighted by Gasteiger charge is -2.23. The van der Waals surface area contributed by atoms with E-state index in [-0.39, 0.29) is 18.5 Å². The maximum absolute atomic E-state index is 12.9. The van der Waals surface area contributed by atoms with E-state index in [4.69, 9.17) is 0 Å². The lowest BCUT2D eigenvalue weighted by molar-refractivity contribution is 0.0932. The first-order valence-corrected chi connectivity index (χ1v) is 12.6. The quantitative estimate of drug-likeness (QED) is 0.489. The number of hydrogen-bond donors (Lipinski definition) is 1. The van der Waals surface area contributed by atoms with Crippen LogP contribution in [0.4, 0.5) is 5.69 Å². The summed E-state index contributed by atoms with van der Waals surface area (Å²) in [6, 6.07) is 26.0. The van der Waals surface area contributed by atoms with Gasteiger partial charge in [-0.2, -0.15) is 0 Å². The third-order valence-electron chi connectivity index (χ3n) is 5.20. The standard InChI is InChI=1S/C26H30N2O3S/c1-20(2)18-25(22-10-6-4-7-11-22)27-26(29)23-16-14-21(15-17-23)19-28(32(3,30)31)24-12-8-5-9-13-24/h4-17,20,25H,18-19H2,1-3H3,(H,27,29)/t25-/m1/s1. The topological polar surface area (TPSA) is 66.5 Å². The van der Waals surface area contributed by atoms with Crippen LogP contribution in [0.25, 0.3) is 0 Å². The van der Waals surface area contributed by atoms with Gasteiger partial charge in [-0.3, -0.25) is 9.10 Å². The smallest absolute Gasteiger partial charge is 0.251 e. The third-order valence-corrected chi connectivity index (χ3v) is 6.34. The van der Waals surface area contributed by atoms with Gasteiger partial charge < -0.3 is 5.32 Å². The highest BCUT2D eigenvalue weighted by Crippen LogP contribution is 2.23. The van der Waals surface area contributed by atoms with Gasteiger partial charge >= 0.3 is 0 Å². The van der Waals surface area contributed by atoms with E-state index in [2.05, 4.69) is 19.2 Å². The lowest BCUT2D eigenvalue weighted by Crippen LogP contribution is -2.30. The molecule has 0 heterocycles. The van der Waals surface area contributed by atoms with Crippen molar-refractivity contribution in [3.05, 3.63) is 102 Å². The van der Waals surface area contributed by atoms with Gasteiger partial charge in [0, 0.05) is 5.56 Å². The van der Waals surface area contributed by atoms with Gasteiger partial charge in [-0.15, -0.1) is 0 Å². The molecule has 0 unspecified atom stereocenters. The van der Waals surface area contributed by atoms with Crippen LogP contribution in [0.2, 0.25) is 0 Å². The van der Waals surface area contributed by atoms with Gasteiger partial charge in [-0.1, -0.05) is 74.5 Å². The second-order valence-electron chi connectivity index (χ2n) is 8.37. The van der Waals surface area contributed by atoms with Crippen molar-refractivity contribution in [1.29, 1.82) is 0 Å². The molecule has 1 N–H and O–H groups in total. The van der Waals surface area contributed by atoms with E-state index >= 15 is 0 Å². The molecule has 0 aromatic heterocycles. The summed E-state index contributed by atoms with van der Waals surface area (Å²) in [5.74, 6) is 0.289. The zero-order chi connectivity index (χ0) is 23.1. The van der Waals surface area contributed by atoms with Crippen LogP contribution in [0, 0.1) is 5.92 Å². The summed E-state index contributed by atoms with van der Waals surface area (Å²) in [6.07, 6.45) is 2.04. The number of nitrogens with one attached hydrogen (secondary N) is 1. The zero-order valence-electron chi connectivity index (χ0n) is 18.7. The molecule has 0 spiro atoms. The van der Waals surface area contributed by atoms with Crippen LogP contribution in [0.15, 0.2) is 84.9 Å². The van der Waals surface area contributed by atoms with Crippen molar-refractivity contribution in [3.8, 4) is 0 Å². The predicted molar refractivity (Wildman–Crippen MR) is 130 cm³/mol. The van der Waals surface area contributed by atoms with Crippen LogP contribution < -0.4 is 9.62 Å². The molecule has 3 aromatic rings. The minimum absolute atomic E-state index is 0.0674. The average Bonchev–Trinajstić information content (AvgIpc) is 2.77. The van der Waals surface area contributed by atoms with E-state index in [1.807, 2.05) is 36.4 Å². The average molecular weight is 451 g/mol. The maximum Gasteiger partial charge on any atom is 0.251 e. The number of carbonyl (C=O) groups is 1. The second-order valence-corrected chi connectivity index (χ2v) is 10.3. The molecule has 0 aliphatic heterocycles. The third kappa shape index (κ3) is 6.44. The Morgan fingerprint density at radius 1 is 0.875 bits per heavy atom. The van der Waals surface area contributed by atoms with Crippen molar-refractivity contribution in [2.45, 2.75) is 32.9 Å². The first-order valence-electron chi connectivity index (χ1n) is 10.7. The fourth-order valence-electron chi connectivity index (χ4n) is 3.60. The zero-order valence-corrected chi connectivity index (χ0v) is 19.5. The Bertz CT molecular complexity index is 1110. The fourth-order valence-corrected chi connectivity index (χ4v) is 4.49. The van der Waals surface area contributed by atoms with Gasteiger partial charge in [0.25, 0.3) is 5.91 Å². The van der Waals surface area contributed by atoms with Crippen molar-refractivity contribution in [3.63, 3.8) is 0 Å². The number of rotatable bonds is 9. The summed E-state index contributed by atoms with van der Waals surface area (Å²) in [4.78, 5) is 12.9. The van der Waals surface area contributed by atoms with E-state index in [0.717, 1.165) is 17.5 Å². The Morgan fingerprint density at radius 2 is 1.44 bits per heavy atom. The van der Waals surface area contributed by atoms with Crippen LogP contribution in [0.3, 0.4) is 0 Å². The molecule has 0 saturated carbocycles. The Morgan fingerprint density at radius 3 is 1.97 bits per heavy atom. The molecule has 0 bridgehead atoms. The Kier molecular flexibility index (Phi) is 7.70. The molecule has 6 heteroatoms. The fraction of sp³-hybridized carbons (Fsp3) is 0.269. The van der Waals surface area contributed by atoms with E-state index in [1.54, 1.807) is 48.5 Å². The summed E-state index contributed by atoms with van der Waals surface area (Å²) in [6.45, 7) is 4.47. The van der Waals surface area contributed by atoms with E-state index in [1.165, 1.54) is 10.6 Å². The van der Waals surface area contributed by atoms with Gasteiger partial charge in [0.05, 0.1) is 24.5 Å². The Hall–Kier alpha value is -3.12. The molecule has 3 aromatic carbocycles. The van der Waals surface area contributed by atoms with Gasteiger partial charge in [-0.05, 0) is 47.7 Å².